The summed E-state index contributed by atoms with van der Waals surface area (Å²) in [7, 11) is 0. The van der Waals surface area contributed by atoms with Crippen molar-refractivity contribution in [3.63, 3.8) is 0 Å². The van der Waals surface area contributed by atoms with Gasteiger partial charge in [0.2, 0.25) is 11.8 Å². The number of benzene rings is 1. The van der Waals surface area contributed by atoms with Gasteiger partial charge in [0.1, 0.15) is 5.69 Å². The lowest BCUT2D eigenvalue weighted by Crippen LogP contribution is -2.29. The molecule has 0 aliphatic heterocycles. The standard InChI is InChI=1S/C19H17ClN4O2S/c1-12(25)22-16(13-5-7-14(20)8-6-13)10-18(26)24-19-23-17(11-27-19)15-4-2-3-9-21-15/h2-9,11,16H,10H2,1H3,(H,22,25)(H,23,24,26). The van der Waals surface area contributed by atoms with Gasteiger partial charge in [-0.3, -0.25) is 14.6 Å². The molecule has 1 aromatic carbocycles. The second kappa shape index (κ2) is 8.75. The van der Waals surface area contributed by atoms with Crippen molar-refractivity contribution in [1.82, 2.24) is 15.3 Å². The molecule has 0 aliphatic carbocycles. The molecule has 8 heteroatoms. The van der Waals surface area contributed by atoms with Crippen molar-refractivity contribution in [3.05, 3.63) is 64.6 Å². The van der Waals surface area contributed by atoms with E-state index < -0.39 is 6.04 Å². The molecule has 3 rings (SSSR count). The van der Waals surface area contributed by atoms with E-state index in [4.69, 9.17) is 11.6 Å². The smallest absolute Gasteiger partial charge is 0.228 e. The molecule has 2 N–H and O–H groups in total. The first kappa shape index (κ1) is 19.0. The zero-order valence-electron chi connectivity index (χ0n) is 14.5. The minimum Gasteiger partial charge on any atom is -0.349 e. The molecule has 0 bridgehead atoms. The molecule has 0 saturated heterocycles. The molecular formula is C19H17ClN4O2S. The topological polar surface area (TPSA) is 84.0 Å². The lowest BCUT2D eigenvalue weighted by molar-refractivity contribution is -0.120. The van der Waals surface area contributed by atoms with Gasteiger partial charge in [0.05, 0.1) is 18.2 Å². The third-order valence-corrected chi connectivity index (χ3v) is 4.73. The Hall–Kier alpha value is -2.77. The highest BCUT2D eigenvalue weighted by atomic mass is 35.5. The van der Waals surface area contributed by atoms with E-state index in [9.17, 15) is 9.59 Å². The Bertz CT molecular complexity index is 928. The van der Waals surface area contributed by atoms with Crippen molar-refractivity contribution >= 4 is 39.9 Å². The number of hydrogen-bond donors (Lipinski definition) is 2. The molecule has 0 aliphatic rings. The molecule has 0 spiro atoms. The van der Waals surface area contributed by atoms with Crippen molar-refractivity contribution < 1.29 is 9.59 Å². The van der Waals surface area contributed by atoms with Crippen LogP contribution < -0.4 is 10.6 Å². The van der Waals surface area contributed by atoms with E-state index in [2.05, 4.69) is 20.6 Å². The van der Waals surface area contributed by atoms with Gasteiger partial charge in [0.15, 0.2) is 5.13 Å². The van der Waals surface area contributed by atoms with E-state index in [1.54, 1.807) is 30.5 Å². The summed E-state index contributed by atoms with van der Waals surface area (Å²) in [6, 6.07) is 12.1. The summed E-state index contributed by atoms with van der Waals surface area (Å²) in [6.45, 7) is 1.42. The minimum atomic E-state index is -0.449. The Morgan fingerprint density at radius 3 is 2.59 bits per heavy atom. The minimum absolute atomic E-state index is 0.0830. The summed E-state index contributed by atoms with van der Waals surface area (Å²) in [6.07, 6.45) is 1.77. The molecular weight excluding hydrogens is 384 g/mol. The van der Waals surface area contributed by atoms with Crippen LogP contribution in [-0.2, 0) is 9.59 Å². The second-order valence-corrected chi connectivity index (χ2v) is 7.10. The highest BCUT2D eigenvalue weighted by Crippen LogP contribution is 2.24. The zero-order chi connectivity index (χ0) is 19.2. The molecule has 1 unspecified atom stereocenters. The quantitative estimate of drug-likeness (QED) is 0.653. The highest BCUT2D eigenvalue weighted by Gasteiger charge is 2.18. The molecule has 6 nitrogen and oxygen atoms in total. The van der Waals surface area contributed by atoms with E-state index >= 15 is 0 Å². The summed E-state index contributed by atoms with van der Waals surface area (Å²) >= 11 is 7.23. The summed E-state index contributed by atoms with van der Waals surface area (Å²) in [5, 5.41) is 8.49. The number of pyridine rings is 1. The highest BCUT2D eigenvalue weighted by molar-refractivity contribution is 7.14. The van der Waals surface area contributed by atoms with Gasteiger partial charge < -0.3 is 10.6 Å². The third-order valence-electron chi connectivity index (χ3n) is 3.72. The second-order valence-electron chi connectivity index (χ2n) is 5.81. The van der Waals surface area contributed by atoms with Crippen LogP contribution in [-0.4, -0.2) is 21.8 Å². The average molecular weight is 401 g/mol. The monoisotopic (exact) mass is 400 g/mol. The van der Waals surface area contributed by atoms with Gasteiger partial charge in [-0.2, -0.15) is 0 Å². The lowest BCUT2D eigenvalue weighted by Gasteiger charge is -2.17. The molecule has 2 aromatic heterocycles. The van der Waals surface area contributed by atoms with Crippen molar-refractivity contribution in [2.24, 2.45) is 0 Å². The maximum atomic E-state index is 12.5. The van der Waals surface area contributed by atoms with Crippen molar-refractivity contribution in [2.45, 2.75) is 19.4 Å². The number of nitrogens with zero attached hydrogens (tertiary/aromatic N) is 2. The van der Waals surface area contributed by atoms with Crippen LogP contribution in [0.5, 0.6) is 0 Å². The summed E-state index contributed by atoms with van der Waals surface area (Å²) < 4.78 is 0. The van der Waals surface area contributed by atoms with Gasteiger partial charge in [0.25, 0.3) is 0 Å². The van der Waals surface area contributed by atoms with Gasteiger partial charge in [0, 0.05) is 23.5 Å². The fourth-order valence-electron chi connectivity index (χ4n) is 2.51. The number of hydrogen-bond acceptors (Lipinski definition) is 5. The van der Waals surface area contributed by atoms with Crippen LogP contribution in [0, 0.1) is 0 Å². The fourth-order valence-corrected chi connectivity index (χ4v) is 3.36. The number of carbonyl (C=O) groups excluding carboxylic acids is 2. The van der Waals surface area contributed by atoms with Crippen LogP contribution in [0.2, 0.25) is 5.02 Å². The van der Waals surface area contributed by atoms with Crippen molar-refractivity contribution in [1.29, 1.82) is 0 Å². The molecule has 138 valence electrons. The molecule has 0 radical (unpaired) electrons. The van der Waals surface area contributed by atoms with Crippen LogP contribution in [0.4, 0.5) is 5.13 Å². The summed E-state index contributed by atoms with van der Waals surface area (Å²) in [4.78, 5) is 32.6. The molecule has 2 heterocycles. The maximum Gasteiger partial charge on any atom is 0.228 e. The number of halogens is 1. The Morgan fingerprint density at radius 1 is 1.15 bits per heavy atom. The average Bonchev–Trinajstić information content (AvgIpc) is 3.10. The maximum absolute atomic E-state index is 12.5. The van der Waals surface area contributed by atoms with Crippen LogP contribution >= 0.6 is 22.9 Å². The molecule has 2 amide bonds. The van der Waals surface area contributed by atoms with Gasteiger partial charge >= 0.3 is 0 Å². The number of thiazole rings is 1. The molecule has 1 atom stereocenters. The largest absolute Gasteiger partial charge is 0.349 e. The van der Waals surface area contributed by atoms with Crippen LogP contribution in [0.3, 0.4) is 0 Å². The first-order chi connectivity index (χ1) is 13.0. The Kier molecular flexibility index (Phi) is 6.16. The van der Waals surface area contributed by atoms with Crippen LogP contribution in [0.25, 0.3) is 11.4 Å². The molecule has 0 saturated carbocycles. The first-order valence-electron chi connectivity index (χ1n) is 8.20. The molecule has 27 heavy (non-hydrogen) atoms. The van der Waals surface area contributed by atoms with E-state index in [-0.39, 0.29) is 18.2 Å². The summed E-state index contributed by atoms with van der Waals surface area (Å²) in [5.74, 6) is -0.458. The Labute approximate surface area is 165 Å². The normalized spacial score (nSPS) is 11.6. The van der Waals surface area contributed by atoms with E-state index in [0.717, 1.165) is 11.3 Å². The van der Waals surface area contributed by atoms with Crippen LogP contribution in [0.1, 0.15) is 24.9 Å². The lowest BCUT2D eigenvalue weighted by atomic mass is 10.0. The Morgan fingerprint density at radius 2 is 1.93 bits per heavy atom. The number of anilines is 1. The van der Waals surface area contributed by atoms with Crippen LogP contribution in [0.15, 0.2) is 54.0 Å². The van der Waals surface area contributed by atoms with E-state index in [0.29, 0.717) is 15.8 Å². The van der Waals surface area contributed by atoms with Gasteiger partial charge in [-0.05, 0) is 29.8 Å². The number of nitrogens with one attached hydrogen (secondary N) is 2. The van der Waals surface area contributed by atoms with Crippen molar-refractivity contribution in [2.75, 3.05) is 5.32 Å². The molecule has 3 aromatic rings. The first-order valence-corrected chi connectivity index (χ1v) is 9.46. The number of aromatic nitrogens is 2. The summed E-state index contributed by atoms with van der Waals surface area (Å²) in [5.41, 5.74) is 2.25. The number of amides is 2. The number of carbonyl (C=O) groups is 2. The SMILES string of the molecule is CC(=O)NC(CC(=O)Nc1nc(-c2ccccn2)cs1)c1ccc(Cl)cc1. The van der Waals surface area contributed by atoms with Gasteiger partial charge in [-0.25, -0.2) is 4.98 Å². The molecule has 0 fully saturated rings. The van der Waals surface area contributed by atoms with E-state index in [1.807, 2.05) is 23.6 Å². The Balaban J connectivity index is 1.68. The van der Waals surface area contributed by atoms with Gasteiger partial charge in [-0.15, -0.1) is 11.3 Å². The van der Waals surface area contributed by atoms with Crippen molar-refractivity contribution in [3.8, 4) is 11.4 Å². The zero-order valence-corrected chi connectivity index (χ0v) is 16.1. The number of rotatable bonds is 6. The fraction of sp³-hybridized carbons (Fsp3) is 0.158. The predicted molar refractivity (Wildman–Crippen MR) is 107 cm³/mol. The van der Waals surface area contributed by atoms with Gasteiger partial charge in [-0.1, -0.05) is 29.8 Å². The van der Waals surface area contributed by atoms with E-state index in [1.165, 1.54) is 18.3 Å². The predicted octanol–water partition coefficient (Wildman–Crippen LogP) is 4.06. The third kappa shape index (κ3) is 5.35.